The van der Waals surface area contributed by atoms with Crippen LogP contribution in [0.15, 0.2) is 11.1 Å². The summed E-state index contributed by atoms with van der Waals surface area (Å²) in [5.41, 5.74) is 3.70. The van der Waals surface area contributed by atoms with E-state index < -0.39 is 0 Å². The first-order valence-corrected chi connectivity index (χ1v) is 8.32. The smallest absolute Gasteiger partial charge is 0.0148 e. The molecule has 1 heterocycles. The van der Waals surface area contributed by atoms with Gasteiger partial charge in [0.15, 0.2) is 0 Å². The summed E-state index contributed by atoms with van der Waals surface area (Å²) in [5, 5.41) is 0. The van der Waals surface area contributed by atoms with Crippen molar-refractivity contribution in [2.45, 2.75) is 64.7 Å². The molecule has 2 rings (SSSR count). The lowest BCUT2D eigenvalue weighted by Gasteiger charge is -2.25. The summed E-state index contributed by atoms with van der Waals surface area (Å²) >= 11 is 2.16. The van der Waals surface area contributed by atoms with E-state index in [0.717, 1.165) is 5.92 Å². The molecule has 0 saturated carbocycles. The molecule has 0 amide bonds. The van der Waals surface area contributed by atoms with Gasteiger partial charge < -0.3 is 0 Å². The summed E-state index contributed by atoms with van der Waals surface area (Å²) < 4.78 is 0. The Kier molecular flexibility index (Phi) is 5.28. The van der Waals surface area contributed by atoms with Crippen LogP contribution in [0.25, 0.3) is 0 Å². The first-order chi connectivity index (χ1) is 7.88. The van der Waals surface area contributed by atoms with Crippen molar-refractivity contribution in [3.63, 3.8) is 0 Å². The molecule has 1 atom stereocenters. The maximum Gasteiger partial charge on any atom is 0.0148 e. The molecule has 0 saturated heterocycles. The molecular formula is C15H26S. The van der Waals surface area contributed by atoms with E-state index >= 15 is 0 Å². The lowest BCUT2D eigenvalue weighted by Crippen LogP contribution is -2.11. The molecule has 0 aromatic carbocycles. The molecule has 0 fully saturated rings. The quantitative estimate of drug-likeness (QED) is 0.523. The van der Waals surface area contributed by atoms with Gasteiger partial charge in [0.2, 0.25) is 0 Å². The van der Waals surface area contributed by atoms with Crippen molar-refractivity contribution < 1.29 is 0 Å². The highest BCUT2D eigenvalue weighted by Crippen LogP contribution is 2.34. The lowest BCUT2D eigenvalue weighted by atomic mass is 9.89. The predicted molar refractivity (Wildman–Crippen MR) is 75.1 cm³/mol. The van der Waals surface area contributed by atoms with E-state index in [1.807, 2.05) is 11.1 Å². The Morgan fingerprint density at radius 2 is 1.69 bits per heavy atom. The minimum atomic E-state index is 0.876. The molecule has 0 aromatic rings. The second-order valence-electron chi connectivity index (χ2n) is 5.49. The van der Waals surface area contributed by atoms with Gasteiger partial charge in [0.05, 0.1) is 0 Å². The van der Waals surface area contributed by atoms with Crippen molar-refractivity contribution >= 4 is 11.8 Å². The Morgan fingerprint density at radius 3 is 2.56 bits per heavy atom. The van der Waals surface area contributed by atoms with Gasteiger partial charge in [-0.15, -0.1) is 0 Å². The van der Waals surface area contributed by atoms with Crippen LogP contribution in [0.1, 0.15) is 64.7 Å². The fraction of sp³-hybridized carbons (Fsp3) is 0.867. The van der Waals surface area contributed by atoms with Gasteiger partial charge in [0.25, 0.3) is 0 Å². The van der Waals surface area contributed by atoms with Gasteiger partial charge in [-0.2, -0.15) is 11.8 Å². The number of rotatable bonds is 0. The Morgan fingerprint density at radius 1 is 0.938 bits per heavy atom. The maximum absolute atomic E-state index is 2.47. The average Bonchev–Trinajstić information content (AvgIpc) is 2.35. The zero-order valence-corrected chi connectivity index (χ0v) is 11.6. The van der Waals surface area contributed by atoms with Crippen LogP contribution in [-0.2, 0) is 0 Å². The highest BCUT2D eigenvalue weighted by atomic mass is 32.2. The second-order valence-corrected chi connectivity index (χ2v) is 6.60. The Balaban J connectivity index is 2.04. The molecule has 0 N–H and O–H groups in total. The molecule has 0 spiro atoms. The second kappa shape index (κ2) is 6.74. The average molecular weight is 238 g/mol. The number of thioether (sulfide) groups is 1. The monoisotopic (exact) mass is 238 g/mol. The summed E-state index contributed by atoms with van der Waals surface area (Å²) in [7, 11) is 0. The van der Waals surface area contributed by atoms with Crippen molar-refractivity contribution in [2.24, 2.45) is 5.92 Å². The highest BCUT2D eigenvalue weighted by molar-refractivity contribution is 7.99. The summed E-state index contributed by atoms with van der Waals surface area (Å²) in [5.74, 6) is 3.60. The van der Waals surface area contributed by atoms with E-state index in [0.29, 0.717) is 0 Å². The van der Waals surface area contributed by atoms with Crippen LogP contribution in [-0.4, -0.2) is 11.5 Å². The fourth-order valence-corrected chi connectivity index (χ4v) is 4.33. The normalized spacial score (nSPS) is 29.4. The molecule has 0 nitrogen and oxygen atoms in total. The molecule has 2 aliphatic rings. The van der Waals surface area contributed by atoms with Crippen molar-refractivity contribution in [1.82, 2.24) is 0 Å². The van der Waals surface area contributed by atoms with Crippen LogP contribution in [0.4, 0.5) is 0 Å². The molecular weight excluding hydrogens is 212 g/mol. The SMILES string of the molecule is CC1CCCCCCCCC2=C1CSCC2. The Hall–Kier alpha value is 0.0900. The third-order valence-corrected chi connectivity index (χ3v) is 5.23. The minimum Gasteiger partial charge on any atom is -0.157 e. The van der Waals surface area contributed by atoms with E-state index in [9.17, 15) is 0 Å². The van der Waals surface area contributed by atoms with Crippen LogP contribution in [0.5, 0.6) is 0 Å². The van der Waals surface area contributed by atoms with Crippen LogP contribution in [0.3, 0.4) is 0 Å². The van der Waals surface area contributed by atoms with Crippen LogP contribution in [0.2, 0.25) is 0 Å². The zero-order valence-electron chi connectivity index (χ0n) is 10.8. The highest BCUT2D eigenvalue weighted by Gasteiger charge is 2.18. The number of hydrogen-bond acceptors (Lipinski definition) is 1. The van der Waals surface area contributed by atoms with E-state index in [2.05, 4.69) is 18.7 Å². The van der Waals surface area contributed by atoms with E-state index in [4.69, 9.17) is 0 Å². The van der Waals surface area contributed by atoms with E-state index in [1.165, 1.54) is 69.3 Å². The van der Waals surface area contributed by atoms with Crippen LogP contribution < -0.4 is 0 Å². The van der Waals surface area contributed by atoms with Crippen molar-refractivity contribution in [3.05, 3.63) is 11.1 Å². The molecule has 1 heteroatoms. The molecule has 92 valence electrons. The Bertz CT molecular complexity index is 242. The summed E-state index contributed by atoms with van der Waals surface area (Å²) in [6, 6.07) is 0. The molecule has 0 aromatic heterocycles. The van der Waals surface area contributed by atoms with Gasteiger partial charge in [0.1, 0.15) is 0 Å². The number of hydrogen-bond donors (Lipinski definition) is 0. The third-order valence-electron chi connectivity index (χ3n) is 4.22. The lowest BCUT2D eigenvalue weighted by molar-refractivity contribution is 0.533. The number of allylic oxidation sites excluding steroid dienone is 1. The summed E-state index contributed by atoms with van der Waals surface area (Å²) in [6.45, 7) is 2.47. The van der Waals surface area contributed by atoms with Gasteiger partial charge in [-0.25, -0.2) is 0 Å². The van der Waals surface area contributed by atoms with Gasteiger partial charge in [0, 0.05) is 5.75 Å². The molecule has 1 aliphatic carbocycles. The van der Waals surface area contributed by atoms with Gasteiger partial charge in [-0.1, -0.05) is 50.2 Å². The molecule has 1 aliphatic heterocycles. The van der Waals surface area contributed by atoms with Crippen LogP contribution >= 0.6 is 11.8 Å². The maximum atomic E-state index is 2.47. The van der Waals surface area contributed by atoms with E-state index in [-0.39, 0.29) is 0 Å². The Labute approximate surface area is 105 Å². The van der Waals surface area contributed by atoms with Gasteiger partial charge in [-0.3, -0.25) is 0 Å². The molecule has 0 bridgehead atoms. The zero-order chi connectivity index (χ0) is 11.2. The van der Waals surface area contributed by atoms with E-state index in [1.54, 1.807) is 0 Å². The fourth-order valence-electron chi connectivity index (χ4n) is 3.09. The molecule has 1 unspecified atom stereocenters. The van der Waals surface area contributed by atoms with Gasteiger partial charge >= 0.3 is 0 Å². The van der Waals surface area contributed by atoms with Gasteiger partial charge in [-0.05, 0) is 37.4 Å². The summed E-state index contributed by atoms with van der Waals surface area (Å²) in [6.07, 6.45) is 13.1. The first kappa shape index (κ1) is 12.5. The third kappa shape index (κ3) is 3.55. The molecule has 0 radical (unpaired) electrons. The first-order valence-electron chi connectivity index (χ1n) is 7.16. The predicted octanol–water partition coefficient (Wildman–Crippen LogP) is 5.19. The summed E-state index contributed by atoms with van der Waals surface area (Å²) in [4.78, 5) is 0. The molecule has 16 heavy (non-hydrogen) atoms. The topological polar surface area (TPSA) is 0 Å². The standard InChI is InChI=1S/C15H26S/c1-13-8-6-4-2-3-5-7-9-14-10-11-16-12-15(13)14/h13H,2-12H2,1H3. The minimum absolute atomic E-state index is 0.876. The van der Waals surface area contributed by atoms with Crippen LogP contribution in [0, 0.1) is 5.92 Å². The van der Waals surface area contributed by atoms with Crippen molar-refractivity contribution in [2.75, 3.05) is 11.5 Å². The van der Waals surface area contributed by atoms with Crippen molar-refractivity contribution in [1.29, 1.82) is 0 Å². The largest absolute Gasteiger partial charge is 0.157 e. The van der Waals surface area contributed by atoms with Crippen molar-refractivity contribution in [3.8, 4) is 0 Å².